The molecule has 0 unspecified atom stereocenters. The van der Waals surface area contributed by atoms with Crippen LogP contribution in [0.5, 0.6) is 11.5 Å². The van der Waals surface area contributed by atoms with E-state index in [1.54, 1.807) is 48.5 Å². The Hall–Kier alpha value is -3.35. The molecule has 0 bridgehead atoms. The molecule has 0 aromatic heterocycles. The number of nitrogens with zero attached hydrogens (tertiary/aromatic N) is 1. The first-order valence-corrected chi connectivity index (χ1v) is 8.80. The Labute approximate surface area is 162 Å². The summed E-state index contributed by atoms with van der Waals surface area (Å²) in [5.41, 5.74) is 1.03. The molecule has 1 atom stereocenters. The molecule has 28 heavy (non-hydrogen) atoms. The zero-order valence-electron chi connectivity index (χ0n) is 15.7. The van der Waals surface area contributed by atoms with Crippen molar-refractivity contribution in [3.8, 4) is 11.5 Å². The van der Waals surface area contributed by atoms with Gasteiger partial charge < -0.3 is 19.1 Å². The van der Waals surface area contributed by atoms with E-state index < -0.39 is 11.9 Å². The zero-order chi connectivity index (χ0) is 20.1. The van der Waals surface area contributed by atoms with E-state index in [9.17, 15) is 14.4 Å². The Morgan fingerprint density at radius 3 is 2.50 bits per heavy atom. The predicted octanol–water partition coefficient (Wildman–Crippen LogP) is 2.48. The Bertz CT molecular complexity index is 880. The number of Topliss-reactive ketones (excluding diaryl/α,β-unsaturated/α-hetero) is 1. The quantitative estimate of drug-likeness (QED) is 0.540. The topological polar surface area (TPSA) is 82.1 Å². The average Bonchev–Trinajstić information content (AvgIpc) is 3.13. The van der Waals surface area contributed by atoms with Crippen LogP contribution < -0.4 is 14.4 Å². The van der Waals surface area contributed by atoms with E-state index in [2.05, 4.69) is 0 Å². The number of rotatable bonds is 7. The number of esters is 1. The van der Waals surface area contributed by atoms with E-state index >= 15 is 0 Å². The molecule has 7 heteroatoms. The summed E-state index contributed by atoms with van der Waals surface area (Å²) in [5, 5.41) is 0. The number of ether oxygens (including phenoxy) is 3. The van der Waals surface area contributed by atoms with Crippen molar-refractivity contribution in [2.45, 2.75) is 6.42 Å². The number of hydrogen-bond acceptors (Lipinski definition) is 6. The summed E-state index contributed by atoms with van der Waals surface area (Å²) in [7, 11) is 3.04. The highest BCUT2D eigenvalue weighted by molar-refractivity contribution is 6.01. The van der Waals surface area contributed by atoms with Gasteiger partial charge in [0.2, 0.25) is 5.91 Å². The summed E-state index contributed by atoms with van der Waals surface area (Å²) in [6, 6.07) is 13.7. The molecule has 0 spiro atoms. The van der Waals surface area contributed by atoms with E-state index in [-0.39, 0.29) is 31.3 Å². The molecule has 1 aliphatic heterocycles. The van der Waals surface area contributed by atoms with E-state index in [1.807, 2.05) is 0 Å². The van der Waals surface area contributed by atoms with Crippen LogP contribution in [0.2, 0.25) is 0 Å². The van der Waals surface area contributed by atoms with Crippen molar-refractivity contribution in [2.75, 3.05) is 32.3 Å². The second kappa shape index (κ2) is 8.56. The second-order valence-corrected chi connectivity index (χ2v) is 6.34. The highest BCUT2D eigenvalue weighted by Gasteiger charge is 2.37. The largest absolute Gasteiger partial charge is 0.497 e. The zero-order valence-corrected chi connectivity index (χ0v) is 15.7. The first-order valence-electron chi connectivity index (χ1n) is 8.80. The van der Waals surface area contributed by atoms with Crippen LogP contribution in [-0.2, 0) is 14.3 Å². The monoisotopic (exact) mass is 383 g/mol. The third-order valence-corrected chi connectivity index (χ3v) is 4.58. The number of anilines is 1. The van der Waals surface area contributed by atoms with Crippen molar-refractivity contribution in [3.05, 3.63) is 54.1 Å². The number of carbonyl (C=O) groups excluding carboxylic acids is 3. The first-order chi connectivity index (χ1) is 13.5. The summed E-state index contributed by atoms with van der Waals surface area (Å²) in [6.45, 7) is -0.181. The SMILES string of the molecule is COc1ccc(N2C[C@H](C(=O)OCC(=O)c3ccccc3)CC2=O)c(OC)c1. The molecular weight excluding hydrogens is 362 g/mol. The van der Waals surface area contributed by atoms with Gasteiger partial charge in [-0.2, -0.15) is 0 Å². The third-order valence-electron chi connectivity index (χ3n) is 4.58. The molecule has 3 rings (SSSR count). The lowest BCUT2D eigenvalue weighted by atomic mass is 10.1. The summed E-state index contributed by atoms with van der Waals surface area (Å²) in [5.74, 6) is -0.620. The maximum absolute atomic E-state index is 12.4. The van der Waals surface area contributed by atoms with Gasteiger partial charge in [-0.15, -0.1) is 0 Å². The highest BCUT2D eigenvalue weighted by Crippen LogP contribution is 2.36. The first kappa shape index (κ1) is 19.4. The number of methoxy groups -OCH3 is 2. The molecule has 0 saturated carbocycles. The molecular formula is C21H21NO6. The minimum Gasteiger partial charge on any atom is -0.497 e. The predicted molar refractivity (Wildman–Crippen MR) is 102 cm³/mol. The molecule has 1 amide bonds. The van der Waals surface area contributed by atoms with Gasteiger partial charge in [0.05, 0.1) is 25.8 Å². The van der Waals surface area contributed by atoms with Gasteiger partial charge in [-0.25, -0.2) is 0 Å². The van der Waals surface area contributed by atoms with Gasteiger partial charge in [0, 0.05) is 24.6 Å². The fourth-order valence-electron chi connectivity index (χ4n) is 3.07. The van der Waals surface area contributed by atoms with Crippen LogP contribution in [0.15, 0.2) is 48.5 Å². The van der Waals surface area contributed by atoms with Gasteiger partial charge in [0.25, 0.3) is 0 Å². The number of ketones is 1. The van der Waals surface area contributed by atoms with Crippen LogP contribution in [-0.4, -0.2) is 45.0 Å². The summed E-state index contributed by atoms with van der Waals surface area (Å²) in [6.07, 6.45) is 0.0214. The lowest BCUT2D eigenvalue weighted by Crippen LogP contribution is -2.27. The minimum atomic E-state index is -0.636. The lowest BCUT2D eigenvalue weighted by molar-refractivity contribution is -0.147. The smallest absolute Gasteiger partial charge is 0.311 e. The summed E-state index contributed by atoms with van der Waals surface area (Å²) >= 11 is 0. The van der Waals surface area contributed by atoms with Crippen LogP contribution in [0.3, 0.4) is 0 Å². The summed E-state index contributed by atoms with van der Waals surface area (Å²) in [4.78, 5) is 38.4. The van der Waals surface area contributed by atoms with Crippen molar-refractivity contribution in [1.82, 2.24) is 0 Å². The average molecular weight is 383 g/mol. The van der Waals surface area contributed by atoms with Gasteiger partial charge in [-0.3, -0.25) is 14.4 Å². The van der Waals surface area contributed by atoms with E-state index in [0.717, 1.165) is 0 Å². The Morgan fingerprint density at radius 1 is 1.07 bits per heavy atom. The van der Waals surface area contributed by atoms with E-state index in [0.29, 0.717) is 22.7 Å². The molecule has 1 aliphatic rings. The Kier molecular flexibility index (Phi) is 5.93. The minimum absolute atomic E-state index is 0.0214. The molecule has 1 fully saturated rings. The normalized spacial score (nSPS) is 16.0. The van der Waals surface area contributed by atoms with Gasteiger partial charge in [-0.05, 0) is 12.1 Å². The van der Waals surface area contributed by atoms with Gasteiger partial charge in [0.15, 0.2) is 12.4 Å². The molecule has 146 valence electrons. The molecule has 0 aliphatic carbocycles. The number of carbonyl (C=O) groups is 3. The van der Waals surface area contributed by atoms with Crippen LogP contribution >= 0.6 is 0 Å². The third kappa shape index (κ3) is 4.14. The second-order valence-electron chi connectivity index (χ2n) is 6.34. The molecule has 2 aromatic rings. The van der Waals surface area contributed by atoms with Crippen molar-refractivity contribution in [3.63, 3.8) is 0 Å². The Balaban J connectivity index is 1.64. The number of benzene rings is 2. The fourth-order valence-corrected chi connectivity index (χ4v) is 3.07. The lowest BCUT2D eigenvalue weighted by Gasteiger charge is -2.20. The standard InChI is InChI=1S/C21H21NO6/c1-26-16-8-9-17(19(11-16)27-2)22-12-15(10-20(22)24)21(25)28-13-18(23)14-6-4-3-5-7-14/h3-9,11,15H,10,12-13H2,1-2H3/t15-/m1/s1. The molecule has 1 heterocycles. The number of amides is 1. The molecule has 0 N–H and O–H groups in total. The molecule has 1 saturated heterocycles. The summed E-state index contributed by atoms with van der Waals surface area (Å²) < 4.78 is 15.6. The number of hydrogen-bond donors (Lipinski definition) is 0. The van der Waals surface area contributed by atoms with Crippen molar-refractivity contribution >= 4 is 23.3 Å². The molecule has 0 radical (unpaired) electrons. The van der Waals surface area contributed by atoms with E-state index in [4.69, 9.17) is 14.2 Å². The van der Waals surface area contributed by atoms with E-state index in [1.165, 1.54) is 19.1 Å². The van der Waals surface area contributed by atoms with Gasteiger partial charge in [-0.1, -0.05) is 30.3 Å². The maximum atomic E-state index is 12.4. The van der Waals surface area contributed by atoms with Crippen molar-refractivity contribution in [2.24, 2.45) is 5.92 Å². The van der Waals surface area contributed by atoms with Gasteiger partial charge >= 0.3 is 5.97 Å². The van der Waals surface area contributed by atoms with Crippen molar-refractivity contribution < 1.29 is 28.6 Å². The van der Waals surface area contributed by atoms with Crippen LogP contribution in [0.4, 0.5) is 5.69 Å². The van der Waals surface area contributed by atoms with Crippen LogP contribution in [0.25, 0.3) is 0 Å². The fraction of sp³-hybridized carbons (Fsp3) is 0.286. The van der Waals surface area contributed by atoms with Crippen LogP contribution in [0, 0.1) is 5.92 Å². The molecule has 2 aromatic carbocycles. The van der Waals surface area contributed by atoms with Crippen molar-refractivity contribution in [1.29, 1.82) is 0 Å². The van der Waals surface area contributed by atoms with Crippen LogP contribution in [0.1, 0.15) is 16.8 Å². The Morgan fingerprint density at radius 2 is 1.82 bits per heavy atom. The highest BCUT2D eigenvalue weighted by atomic mass is 16.5. The molecule has 7 nitrogen and oxygen atoms in total. The maximum Gasteiger partial charge on any atom is 0.311 e. The van der Waals surface area contributed by atoms with Gasteiger partial charge in [0.1, 0.15) is 11.5 Å².